The van der Waals surface area contributed by atoms with E-state index < -0.39 is 6.10 Å². The van der Waals surface area contributed by atoms with Crippen LogP contribution in [-0.2, 0) is 4.79 Å². The van der Waals surface area contributed by atoms with Crippen molar-refractivity contribution in [1.82, 2.24) is 5.32 Å². The van der Waals surface area contributed by atoms with Gasteiger partial charge in [0.2, 0.25) is 0 Å². The molecule has 0 aromatic heterocycles. The number of rotatable bonds is 5. The van der Waals surface area contributed by atoms with E-state index in [1.165, 1.54) is 0 Å². The van der Waals surface area contributed by atoms with Gasteiger partial charge in [-0.15, -0.1) is 6.42 Å². The molecule has 0 heterocycles. The molecule has 1 atom stereocenters. The Morgan fingerprint density at radius 1 is 1.47 bits per heavy atom. The van der Waals surface area contributed by atoms with Gasteiger partial charge in [-0.25, -0.2) is 0 Å². The van der Waals surface area contributed by atoms with E-state index in [1.807, 2.05) is 19.9 Å². The van der Waals surface area contributed by atoms with Crippen LogP contribution in [0.2, 0.25) is 0 Å². The van der Waals surface area contributed by atoms with Crippen molar-refractivity contribution in [3.63, 3.8) is 0 Å². The third-order valence-electron chi connectivity index (χ3n) is 2.49. The summed E-state index contributed by atoms with van der Waals surface area (Å²) in [4.78, 5) is 11.9. The zero-order valence-corrected chi connectivity index (χ0v) is 11.0. The topological polar surface area (TPSA) is 62.1 Å². The van der Waals surface area contributed by atoms with Gasteiger partial charge < -0.3 is 10.1 Å². The molecule has 0 radical (unpaired) electrons. The number of nitrogens with zero attached hydrogens (tertiary/aromatic N) is 1. The van der Waals surface area contributed by atoms with Crippen molar-refractivity contribution in [3.05, 3.63) is 29.8 Å². The van der Waals surface area contributed by atoms with Gasteiger partial charge in [0.25, 0.3) is 5.91 Å². The second kappa shape index (κ2) is 7.08. The Morgan fingerprint density at radius 2 is 2.16 bits per heavy atom. The Kier molecular flexibility index (Phi) is 5.44. The van der Waals surface area contributed by atoms with Crippen molar-refractivity contribution >= 4 is 5.91 Å². The fraction of sp³-hybridized carbons (Fsp3) is 0.333. The van der Waals surface area contributed by atoms with E-state index in [1.54, 1.807) is 24.3 Å². The number of hydrogen-bond donors (Lipinski definition) is 1. The quantitative estimate of drug-likeness (QED) is 0.816. The molecule has 0 aliphatic heterocycles. The Labute approximate surface area is 113 Å². The number of benzene rings is 1. The summed E-state index contributed by atoms with van der Waals surface area (Å²) in [6.07, 6.45) is 4.42. The standard InChI is InChI=1S/C15H16N2O2/c1-4-9-17-15(18)14(11(2)3)19-13-8-6-5-7-12(13)10-16/h1,5-8,11,14H,9H2,2-3H3,(H,17,18). The van der Waals surface area contributed by atoms with Gasteiger partial charge in [-0.05, 0) is 18.1 Å². The van der Waals surface area contributed by atoms with E-state index in [4.69, 9.17) is 16.4 Å². The summed E-state index contributed by atoms with van der Waals surface area (Å²) in [6.45, 7) is 3.90. The Hall–Kier alpha value is -2.46. The summed E-state index contributed by atoms with van der Waals surface area (Å²) in [5, 5.41) is 11.6. The van der Waals surface area contributed by atoms with E-state index in [2.05, 4.69) is 11.2 Å². The van der Waals surface area contributed by atoms with Gasteiger partial charge in [0.1, 0.15) is 11.8 Å². The van der Waals surface area contributed by atoms with Gasteiger partial charge in [-0.2, -0.15) is 5.26 Å². The summed E-state index contributed by atoms with van der Waals surface area (Å²) < 4.78 is 5.65. The number of nitrogens with one attached hydrogen (secondary N) is 1. The molecule has 19 heavy (non-hydrogen) atoms. The largest absolute Gasteiger partial charge is 0.479 e. The molecule has 1 unspecified atom stereocenters. The van der Waals surface area contributed by atoms with Crippen molar-refractivity contribution in [3.8, 4) is 24.2 Å². The lowest BCUT2D eigenvalue weighted by atomic mass is 10.1. The van der Waals surface area contributed by atoms with Crippen LogP contribution in [0.25, 0.3) is 0 Å². The summed E-state index contributed by atoms with van der Waals surface area (Å²) in [6, 6.07) is 8.85. The smallest absolute Gasteiger partial charge is 0.262 e. The van der Waals surface area contributed by atoms with Gasteiger partial charge >= 0.3 is 0 Å². The van der Waals surface area contributed by atoms with Gasteiger partial charge in [0, 0.05) is 0 Å². The van der Waals surface area contributed by atoms with E-state index in [0.29, 0.717) is 11.3 Å². The molecular weight excluding hydrogens is 240 g/mol. The Balaban J connectivity index is 2.88. The SMILES string of the molecule is C#CCNC(=O)C(Oc1ccccc1C#N)C(C)C. The lowest BCUT2D eigenvalue weighted by molar-refractivity contribution is -0.129. The third-order valence-corrected chi connectivity index (χ3v) is 2.49. The predicted molar refractivity (Wildman–Crippen MR) is 72.3 cm³/mol. The molecule has 1 rings (SSSR count). The van der Waals surface area contributed by atoms with Crippen molar-refractivity contribution in [2.24, 2.45) is 5.92 Å². The highest BCUT2D eigenvalue weighted by Crippen LogP contribution is 2.20. The Bertz CT molecular complexity index is 524. The predicted octanol–water partition coefficient (Wildman–Crippen LogP) is 1.71. The summed E-state index contributed by atoms with van der Waals surface area (Å²) in [7, 11) is 0. The number of ether oxygens (including phenoxy) is 1. The monoisotopic (exact) mass is 256 g/mol. The lowest BCUT2D eigenvalue weighted by Crippen LogP contribution is -2.42. The van der Waals surface area contributed by atoms with Crippen LogP contribution in [0.4, 0.5) is 0 Å². The normalized spacial score (nSPS) is 11.2. The fourth-order valence-corrected chi connectivity index (χ4v) is 1.53. The molecular formula is C15H16N2O2. The highest BCUT2D eigenvalue weighted by Gasteiger charge is 2.24. The number of hydrogen-bond acceptors (Lipinski definition) is 3. The highest BCUT2D eigenvalue weighted by atomic mass is 16.5. The average molecular weight is 256 g/mol. The molecule has 0 spiro atoms. The van der Waals surface area contributed by atoms with E-state index in [0.717, 1.165) is 0 Å². The maximum absolute atomic E-state index is 11.9. The second-order valence-corrected chi connectivity index (χ2v) is 4.31. The molecule has 1 aromatic rings. The van der Waals surface area contributed by atoms with Crippen LogP contribution < -0.4 is 10.1 Å². The maximum Gasteiger partial charge on any atom is 0.262 e. The van der Waals surface area contributed by atoms with Crippen LogP contribution in [0.15, 0.2) is 24.3 Å². The molecule has 0 fully saturated rings. The van der Waals surface area contributed by atoms with Gasteiger partial charge in [0.05, 0.1) is 12.1 Å². The number of amides is 1. The van der Waals surface area contributed by atoms with E-state index in [9.17, 15) is 4.79 Å². The average Bonchev–Trinajstić information content (AvgIpc) is 2.42. The fourth-order valence-electron chi connectivity index (χ4n) is 1.53. The van der Waals surface area contributed by atoms with E-state index in [-0.39, 0.29) is 18.4 Å². The van der Waals surface area contributed by atoms with Crippen molar-refractivity contribution in [2.75, 3.05) is 6.54 Å². The molecule has 0 bridgehead atoms. The highest BCUT2D eigenvalue weighted by molar-refractivity contribution is 5.81. The molecule has 0 saturated carbocycles. The first-order chi connectivity index (χ1) is 9.10. The van der Waals surface area contributed by atoms with Crippen LogP contribution in [0.5, 0.6) is 5.75 Å². The first-order valence-electron chi connectivity index (χ1n) is 5.97. The molecule has 0 aliphatic rings. The maximum atomic E-state index is 11.9. The molecule has 1 aromatic carbocycles. The first kappa shape index (κ1) is 14.6. The van der Waals surface area contributed by atoms with Gasteiger partial charge in [-0.3, -0.25) is 4.79 Å². The second-order valence-electron chi connectivity index (χ2n) is 4.31. The number of carbonyl (C=O) groups is 1. The van der Waals surface area contributed by atoms with Crippen LogP contribution in [0.1, 0.15) is 19.4 Å². The van der Waals surface area contributed by atoms with Crippen molar-refractivity contribution in [1.29, 1.82) is 5.26 Å². The minimum Gasteiger partial charge on any atom is -0.479 e. The molecule has 0 saturated heterocycles. The molecule has 0 aliphatic carbocycles. The van der Waals surface area contributed by atoms with Crippen molar-refractivity contribution in [2.45, 2.75) is 20.0 Å². The van der Waals surface area contributed by atoms with E-state index >= 15 is 0 Å². The summed E-state index contributed by atoms with van der Waals surface area (Å²) >= 11 is 0. The Morgan fingerprint density at radius 3 is 2.74 bits per heavy atom. The van der Waals surface area contributed by atoms with Crippen molar-refractivity contribution < 1.29 is 9.53 Å². The van der Waals surface area contributed by atoms with Crippen LogP contribution in [0.3, 0.4) is 0 Å². The first-order valence-corrected chi connectivity index (χ1v) is 5.97. The molecule has 1 amide bonds. The number of terminal acetylenes is 1. The van der Waals surface area contributed by atoms with Gasteiger partial charge in [0.15, 0.2) is 6.10 Å². The zero-order chi connectivity index (χ0) is 14.3. The summed E-state index contributed by atoms with van der Waals surface area (Å²) in [5.41, 5.74) is 0.401. The number of nitriles is 1. The van der Waals surface area contributed by atoms with Gasteiger partial charge in [-0.1, -0.05) is 31.9 Å². The molecule has 4 heteroatoms. The minimum absolute atomic E-state index is 0.0375. The third kappa shape index (κ3) is 4.04. The van der Waals surface area contributed by atoms with Crippen LogP contribution >= 0.6 is 0 Å². The number of carbonyl (C=O) groups excluding carboxylic acids is 1. The lowest BCUT2D eigenvalue weighted by Gasteiger charge is -2.21. The molecule has 98 valence electrons. The number of para-hydroxylation sites is 1. The molecule has 1 N–H and O–H groups in total. The van der Waals surface area contributed by atoms with Crippen LogP contribution in [0, 0.1) is 29.6 Å². The minimum atomic E-state index is -0.678. The molecule has 4 nitrogen and oxygen atoms in total. The van der Waals surface area contributed by atoms with Crippen LogP contribution in [-0.4, -0.2) is 18.6 Å². The zero-order valence-electron chi connectivity index (χ0n) is 11.0. The summed E-state index contributed by atoms with van der Waals surface area (Å²) in [5.74, 6) is 2.43.